The molecule has 0 radical (unpaired) electrons. The average molecular weight is 438 g/mol. The van der Waals surface area contributed by atoms with Gasteiger partial charge in [0.2, 0.25) is 5.13 Å². The molecule has 1 aromatic heterocycles. The number of carbonyl (C=O) groups excluding carboxylic acids is 1. The minimum absolute atomic E-state index is 0.101. The first-order valence-electron chi connectivity index (χ1n) is 10.5. The molecule has 0 bridgehead atoms. The van der Waals surface area contributed by atoms with E-state index in [1.165, 1.54) is 17.1 Å². The van der Waals surface area contributed by atoms with Crippen LogP contribution in [-0.4, -0.2) is 66.5 Å². The van der Waals surface area contributed by atoms with Crippen molar-refractivity contribution in [3.63, 3.8) is 0 Å². The third kappa shape index (κ3) is 5.59. The first-order chi connectivity index (χ1) is 15.2. The van der Waals surface area contributed by atoms with E-state index in [2.05, 4.69) is 31.6 Å². The van der Waals surface area contributed by atoms with Gasteiger partial charge in [0, 0.05) is 57.2 Å². The summed E-state index contributed by atoms with van der Waals surface area (Å²) in [5.74, 6) is 1.38. The molecule has 1 fully saturated rings. The van der Waals surface area contributed by atoms with Crippen molar-refractivity contribution < 1.29 is 9.53 Å². The summed E-state index contributed by atoms with van der Waals surface area (Å²) in [6.07, 6.45) is 0.767. The van der Waals surface area contributed by atoms with Crippen molar-refractivity contribution in [1.29, 1.82) is 0 Å². The highest BCUT2D eigenvalue weighted by atomic mass is 32.1. The van der Waals surface area contributed by atoms with E-state index in [0.717, 1.165) is 50.1 Å². The van der Waals surface area contributed by atoms with Gasteiger partial charge in [0.1, 0.15) is 11.6 Å². The molecule has 0 atom stereocenters. The van der Waals surface area contributed by atoms with Crippen LogP contribution in [0.3, 0.4) is 0 Å². The Labute approximate surface area is 186 Å². The summed E-state index contributed by atoms with van der Waals surface area (Å²) < 4.78 is 9.80. The van der Waals surface area contributed by atoms with Crippen LogP contribution in [0.4, 0.5) is 5.13 Å². The number of amides is 1. The number of rotatable bonds is 8. The van der Waals surface area contributed by atoms with Crippen LogP contribution in [0.5, 0.6) is 5.75 Å². The predicted octanol–water partition coefficient (Wildman–Crippen LogP) is 2.69. The van der Waals surface area contributed by atoms with Gasteiger partial charge >= 0.3 is 0 Å². The summed E-state index contributed by atoms with van der Waals surface area (Å²) in [5, 5.41) is 3.99. The zero-order chi connectivity index (χ0) is 21.5. The summed E-state index contributed by atoms with van der Waals surface area (Å²) in [6, 6.07) is 17.6. The minimum Gasteiger partial charge on any atom is -0.496 e. The number of carbonyl (C=O) groups is 1. The second-order valence-electron chi connectivity index (χ2n) is 7.44. The lowest BCUT2D eigenvalue weighted by Crippen LogP contribution is -2.48. The molecule has 2 aromatic carbocycles. The molecule has 31 heavy (non-hydrogen) atoms. The Morgan fingerprint density at radius 3 is 2.58 bits per heavy atom. The molecule has 1 aliphatic rings. The SMILES string of the molecule is COc1ccccc1C(=O)NCCN1CCN(c2nc(Cc3ccccc3)ns2)CC1. The van der Waals surface area contributed by atoms with E-state index in [-0.39, 0.29) is 5.91 Å². The van der Waals surface area contributed by atoms with E-state index < -0.39 is 0 Å². The molecule has 7 nitrogen and oxygen atoms in total. The number of piperazine rings is 1. The number of aromatic nitrogens is 2. The zero-order valence-electron chi connectivity index (χ0n) is 17.7. The zero-order valence-corrected chi connectivity index (χ0v) is 18.5. The van der Waals surface area contributed by atoms with Gasteiger partial charge in [-0.25, -0.2) is 4.98 Å². The fraction of sp³-hybridized carbons (Fsp3) is 0.348. The van der Waals surface area contributed by atoms with Crippen molar-refractivity contribution in [2.24, 2.45) is 0 Å². The van der Waals surface area contributed by atoms with Crippen molar-refractivity contribution in [1.82, 2.24) is 19.6 Å². The summed E-state index contributed by atoms with van der Waals surface area (Å²) in [6.45, 7) is 5.15. The maximum Gasteiger partial charge on any atom is 0.255 e. The van der Waals surface area contributed by atoms with Gasteiger partial charge in [-0.1, -0.05) is 42.5 Å². The van der Waals surface area contributed by atoms with Gasteiger partial charge in [0.25, 0.3) is 5.91 Å². The molecule has 2 heterocycles. The molecule has 8 heteroatoms. The molecule has 0 saturated carbocycles. The Balaban J connectivity index is 1.21. The Hall–Kier alpha value is -2.97. The fourth-order valence-corrected chi connectivity index (χ4v) is 4.38. The molecule has 0 unspecified atom stereocenters. The van der Waals surface area contributed by atoms with Crippen molar-refractivity contribution >= 4 is 22.6 Å². The number of nitrogens with zero attached hydrogens (tertiary/aromatic N) is 4. The summed E-state index contributed by atoms with van der Waals surface area (Å²) >= 11 is 1.48. The Kier molecular flexibility index (Phi) is 7.11. The van der Waals surface area contributed by atoms with Crippen molar-refractivity contribution in [3.8, 4) is 5.75 Å². The molecule has 3 aromatic rings. The van der Waals surface area contributed by atoms with Crippen LogP contribution in [0.2, 0.25) is 0 Å². The van der Waals surface area contributed by atoms with Gasteiger partial charge in [0.05, 0.1) is 12.7 Å². The van der Waals surface area contributed by atoms with Crippen LogP contribution < -0.4 is 15.0 Å². The molecule has 0 aliphatic carbocycles. The highest BCUT2D eigenvalue weighted by molar-refractivity contribution is 7.09. The van der Waals surface area contributed by atoms with Crippen LogP contribution in [0, 0.1) is 0 Å². The highest BCUT2D eigenvalue weighted by Crippen LogP contribution is 2.20. The van der Waals surface area contributed by atoms with Gasteiger partial charge in [-0.05, 0) is 17.7 Å². The lowest BCUT2D eigenvalue weighted by molar-refractivity contribution is 0.0944. The normalized spacial score (nSPS) is 14.4. The first-order valence-corrected chi connectivity index (χ1v) is 11.3. The number of methoxy groups -OCH3 is 1. The van der Waals surface area contributed by atoms with Crippen LogP contribution in [0.25, 0.3) is 0 Å². The van der Waals surface area contributed by atoms with E-state index in [4.69, 9.17) is 9.72 Å². The number of anilines is 1. The average Bonchev–Trinajstić information content (AvgIpc) is 3.28. The van der Waals surface area contributed by atoms with Gasteiger partial charge in [-0.2, -0.15) is 4.37 Å². The quantitative estimate of drug-likeness (QED) is 0.584. The second kappa shape index (κ2) is 10.4. The van der Waals surface area contributed by atoms with Crippen molar-refractivity contribution in [2.75, 3.05) is 51.3 Å². The Bertz CT molecular complexity index is 986. The van der Waals surface area contributed by atoms with E-state index >= 15 is 0 Å². The molecule has 0 spiro atoms. The van der Waals surface area contributed by atoms with Gasteiger partial charge in [-0.15, -0.1) is 0 Å². The van der Waals surface area contributed by atoms with E-state index in [9.17, 15) is 4.79 Å². The second-order valence-corrected chi connectivity index (χ2v) is 8.17. The lowest BCUT2D eigenvalue weighted by Gasteiger charge is -2.34. The van der Waals surface area contributed by atoms with Crippen molar-refractivity contribution in [3.05, 3.63) is 71.5 Å². The highest BCUT2D eigenvalue weighted by Gasteiger charge is 2.20. The smallest absolute Gasteiger partial charge is 0.255 e. The van der Waals surface area contributed by atoms with Crippen LogP contribution >= 0.6 is 11.5 Å². The molecule has 162 valence electrons. The van der Waals surface area contributed by atoms with E-state index in [0.29, 0.717) is 17.9 Å². The Morgan fingerprint density at radius 1 is 1.06 bits per heavy atom. The van der Waals surface area contributed by atoms with Gasteiger partial charge in [-0.3, -0.25) is 9.69 Å². The van der Waals surface area contributed by atoms with Crippen molar-refractivity contribution in [2.45, 2.75) is 6.42 Å². The number of para-hydroxylation sites is 1. The number of nitrogens with one attached hydrogen (secondary N) is 1. The Morgan fingerprint density at radius 2 is 1.81 bits per heavy atom. The van der Waals surface area contributed by atoms with Crippen LogP contribution in [0.1, 0.15) is 21.7 Å². The third-order valence-electron chi connectivity index (χ3n) is 5.37. The number of hydrogen-bond donors (Lipinski definition) is 1. The predicted molar refractivity (Wildman–Crippen MR) is 123 cm³/mol. The van der Waals surface area contributed by atoms with Crippen LogP contribution in [0.15, 0.2) is 54.6 Å². The summed E-state index contributed by atoms with van der Waals surface area (Å²) in [4.78, 5) is 21.8. The van der Waals surface area contributed by atoms with Gasteiger partial charge in [0.15, 0.2) is 0 Å². The van der Waals surface area contributed by atoms with Gasteiger partial charge < -0.3 is 15.0 Å². The number of benzene rings is 2. The minimum atomic E-state index is -0.101. The maximum absolute atomic E-state index is 12.4. The number of ether oxygens (including phenoxy) is 1. The largest absolute Gasteiger partial charge is 0.496 e. The standard InChI is InChI=1S/C23H27N5O2S/c1-30-20-10-6-5-9-19(20)22(29)24-11-12-27-13-15-28(16-14-27)23-25-21(26-31-23)17-18-7-3-2-4-8-18/h2-10H,11-17H2,1H3,(H,24,29). The molecular formula is C23H27N5O2S. The molecule has 1 amide bonds. The fourth-order valence-electron chi connectivity index (χ4n) is 3.64. The monoisotopic (exact) mass is 437 g/mol. The topological polar surface area (TPSA) is 70.6 Å². The maximum atomic E-state index is 12.4. The summed E-state index contributed by atoms with van der Waals surface area (Å²) in [5.41, 5.74) is 1.80. The number of hydrogen-bond acceptors (Lipinski definition) is 7. The lowest BCUT2D eigenvalue weighted by atomic mass is 10.1. The van der Waals surface area contributed by atoms with E-state index in [1.54, 1.807) is 19.2 Å². The van der Waals surface area contributed by atoms with Crippen LogP contribution in [-0.2, 0) is 6.42 Å². The molecule has 4 rings (SSSR count). The first kappa shape index (κ1) is 21.3. The molecule has 1 saturated heterocycles. The molecule has 1 aliphatic heterocycles. The third-order valence-corrected chi connectivity index (χ3v) is 6.19. The summed E-state index contributed by atoms with van der Waals surface area (Å²) in [7, 11) is 1.58. The molecular weight excluding hydrogens is 410 g/mol. The molecule has 1 N–H and O–H groups in total. The van der Waals surface area contributed by atoms with E-state index in [1.807, 2.05) is 30.3 Å².